The van der Waals surface area contributed by atoms with Crippen LogP contribution in [-0.2, 0) is 16.0 Å². The van der Waals surface area contributed by atoms with Gasteiger partial charge in [0.05, 0.1) is 0 Å². The first-order chi connectivity index (χ1) is 12.1. The fraction of sp³-hybridized carbons (Fsp3) is 0.235. The fourth-order valence-corrected chi connectivity index (χ4v) is 2.32. The number of nitrogens with zero attached hydrogens (tertiary/aromatic N) is 3. The lowest BCUT2D eigenvalue weighted by Crippen LogP contribution is -2.40. The van der Waals surface area contributed by atoms with Crippen molar-refractivity contribution < 1.29 is 9.59 Å². The Hall–Kier alpha value is -3.29. The Labute approximate surface area is 143 Å². The topological polar surface area (TPSA) is 117 Å². The summed E-state index contributed by atoms with van der Waals surface area (Å²) in [6.45, 7) is 0.579. The Bertz CT molecular complexity index is 753. The molecule has 1 atom stereocenters. The molecule has 0 spiro atoms. The molecule has 1 aliphatic heterocycles. The van der Waals surface area contributed by atoms with Gasteiger partial charge in [-0.25, -0.2) is 0 Å². The summed E-state index contributed by atoms with van der Waals surface area (Å²) < 4.78 is 0. The summed E-state index contributed by atoms with van der Waals surface area (Å²) in [7, 11) is 0. The molecule has 1 aromatic rings. The lowest BCUT2D eigenvalue weighted by atomic mass is 9.99. The van der Waals surface area contributed by atoms with Gasteiger partial charge < -0.3 is 5.32 Å². The molecule has 0 radical (unpaired) electrons. The number of nitrogens with one attached hydrogen (secondary N) is 1. The van der Waals surface area contributed by atoms with E-state index in [1.54, 1.807) is 12.3 Å². The van der Waals surface area contributed by atoms with Gasteiger partial charge in [-0.15, -0.1) is 9.81 Å². The summed E-state index contributed by atoms with van der Waals surface area (Å²) in [5, 5.41) is 7.16. The highest BCUT2D eigenvalue weighted by Crippen LogP contribution is 2.18. The number of allylic oxidation sites excluding steroid dienone is 2. The monoisotopic (exact) mass is 340 g/mol. The molecule has 0 fully saturated rings. The SMILES string of the molecule is O=NC(=O)C1=C/C(=C\C=NCCc2ccccc2)CC(C(=O)N=O)N1. The molecule has 25 heavy (non-hydrogen) atoms. The molecule has 128 valence electrons. The van der Waals surface area contributed by atoms with E-state index in [1.165, 1.54) is 11.6 Å². The molecule has 0 saturated carbocycles. The van der Waals surface area contributed by atoms with Crippen molar-refractivity contribution >= 4 is 18.0 Å². The van der Waals surface area contributed by atoms with Crippen LogP contribution in [-0.4, -0.2) is 30.6 Å². The number of rotatable bonds is 6. The quantitative estimate of drug-likeness (QED) is 0.628. The molecule has 8 nitrogen and oxygen atoms in total. The fourth-order valence-electron chi connectivity index (χ4n) is 2.32. The Morgan fingerprint density at radius 3 is 2.60 bits per heavy atom. The van der Waals surface area contributed by atoms with E-state index in [4.69, 9.17) is 0 Å². The van der Waals surface area contributed by atoms with Gasteiger partial charge in [-0.3, -0.25) is 14.6 Å². The van der Waals surface area contributed by atoms with Gasteiger partial charge in [0.15, 0.2) is 0 Å². The van der Waals surface area contributed by atoms with E-state index in [9.17, 15) is 19.4 Å². The highest BCUT2D eigenvalue weighted by Gasteiger charge is 2.27. The first-order valence-electron chi connectivity index (χ1n) is 7.60. The first-order valence-corrected chi connectivity index (χ1v) is 7.60. The van der Waals surface area contributed by atoms with Crippen molar-refractivity contribution in [2.24, 2.45) is 15.3 Å². The average Bonchev–Trinajstić information content (AvgIpc) is 2.67. The van der Waals surface area contributed by atoms with Crippen molar-refractivity contribution in [3.8, 4) is 0 Å². The number of benzene rings is 1. The van der Waals surface area contributed by atoms with Crippen LogP contribution in [0.3, 0.4) is 0 Å². The molecular formula is C17H16N4O4. The zero-order chi connectivity index (χ0) is 18.1. The maximum atomic E-state index is 11.5. The summed E-state index contributed by atoms with van der Waals surface area (Å²) in [6.07, 6.45) is 5.53. The van der Waals surface area contributed by atoms with Gasteiger partial charge in [0.1, 0.15) is 11.7 Å². The molecule has 0 bridgehead atoms. The zero-order valence-corrected chi connectivity index (χ0v) is 13.3. The molecule has 0 saturated heterocycles. The van der Waals surface area contributed by atoms with Crippen LogP contribution in [0.1, 0.15) is 12.0 Å². The predicted molar refractivity (Wildman–Crippen MR) is 92.8 cm³/mol. The van der Waals surface area contributed by atoms with Crippen LogP contribution in [0.4, 0.5) is 0 Å². The van der Waals surface area contributed by atoms with Gasteiger partial charge in [-0.2, -0.15) is 0 Å². The smallest absolute Gasteiger partial charge is 0.332 e. The summed E-state index contributed by atoms with van der Waals surface area (Å²) in [6, 6.07) is 8.89. The second-order valence-corrected chi connectivity index (χ2v) is 5.32. The van der Waals surface area contributed by atoms with E-state index in [1.807, 2.05) is 30.3 Å². The zero-order valence-electron chi connectivity index (χ0n) is 13.3. The van der Waals surface area contributed by atoms with Crippen LogP contribution in [0.25, 0.3) is 0 Å². The molecule has 1 heterocycles. The minimum Gasteiger partial charge on any atom is -0.369 e. The van der Waals surface area contributed by atoms with E-state index >= 15 is 0 Å². The molecule has 1 N–H and O–H groups in total. The van der Waals surface area contributed by atoms with Crippen LogP contribution < -0.4 is 5.32 Å². The van der Waals surface area contributed by atoms with E-state index in [0.717, 1.165) is 6.42 Å². The highest BCUT2D eigenvalue weighted by molar-refractivity contribution is 5.96. The third kappa shape index (κ3) is 5.38. The standard InChI is InChI=1S/C17H16N4O4/c22-16(20-24)14-10-13(11-15(19-14)17(23)21-25)7-9-18-8-6-12-4-2-1-3-5-12/h1-5,7,9-10,15,19H,6,8,11H2/b13-7+,18-9?. The van der Waals surface area contributed by atoms with Crippen molar-refractivity contribution in [1.29, 1.82) is 0 Å². The summed E-state index contributed by atoms with van der Waals surface area (Å²) in [4.78, 5) is 47.9. The molecule has 1 unspecified atom stereocenters. The van der Waals surface area contributed by atoms with Crippen molar-refractivity contribution in [3.05, 3.63) is 69.1 Å². The molecule has 1 aromatic carbocycles. The first kappa shape index (κ1) is 18.1. The van der Waals surface area contributed by atoms with Crippen molar-refractivity contribution in [2.45, 2.75) is 18.9 Å². The summed E-state index contributed by atoms with van der Waals surface area (Å²) >= 11 is 0. The second kappa shape index (κ2) is 9.11. The van der Waals surface area contributed by atoms with Gasteiger partial charge in [-0.1, -0.05) is 30.3 Å². The van der Waals surface area contributed by atoms with Crippen LogP contribution >= 0.6 is 0 Å². The molecule has 2 rings (SSSR count). The van der Waals surface area contributed by atoms with Crippen LogP contribution in [0, 0.1) is 9.81 Å². The molecule has 0 aromatic heterocycles. The minimum absolute atomic E-state index is 0.146. The van der Waals surface area contributed by atoms with Gasteiger partial charge in [0, 0.05) is 29.5 Å². The van der Waals surface area contributed by atoms with Crippen LogP contribution in [0.5, 0.6) is 0 Å². The van der Waals surface area contributed by atoms with Gasteiger partial charge in [0.25, 0.3) is 0 Å². The minimum atomic E-state index is -1.05. The molecule has 0 aliphatic carbocycles. The lowest BCUT2D eigenvalue weighted by Gasteiger charge is -2.21. The number of hydrogen-bond acceptors (Lipinski definition) is 6. The Morgan fingerprint density at radius 2 is 1.92 bits per heavy atom. The number of hydrogen-bond donors (Lipinski definition) is 1. The largest absolute Gasteiger partial charge is 0.369 e. The number of aliphatic imine (C=N–C) groups is 1. The lowest BCUT2D eigenvalue weighted by molar-refractivity contribution is -0.120. The number of carbonyl (C=O) groups excluding carboxylic acids is 2. The second-order valence-electron chi connectivity index (χ2n) is 5.32. The summed E-state index contributed by atoms with van der Waals surface area (Å²) in [5.41, 5.74) is 1.59. The van der Waals surface area contributed by atoms with Crippen LogP contribution in [0.15, 0.2) is 69.1 Å². The van der Waals surface area contributed by atoms with Gasteiger partial charge >= 0.3 is 11.8 Å². The van der Waals surface area contributed by atoms with Gasteiger partial charge in [0.2, 0.25) is 0 Å². The van der Waals surface area contributed by atoms with E-state index in [2.05, 4.69) is 20.7 Å². The predicted octanol–water partition coefficient (Wildman–Crippen LogP) is 2.06. The maximum Gasteiger partial charge on any atom is 0.332 e. The molecule has 1 aliphatic rings. The normalized spacial score (nSPS) is 18.5. The number of amides is 2. The van der Waals surface area contributed by atoms with Crippen molar-refractivity contribution in [1.82, 2.24) is 5.32 Å². The Morgan fingerprint density at radius 1 is 1.16 bits per heavy atom. The maximum absolute atomic E-state index is 11.5. The van der Waals surface area contributed by atoms with E-state index in [-0.39, 0.29) is 12.1 Å². The summed E-state index contributed by atoms with van der Waals surface area (Å²) in [5.74, 6) is -1.99. The number of carbonyl (C=O) groups is 2. The van der Waals surface area contributed by atoms with E-state index < -0.39 is 17.9 Å². The Kier molecular flexibility index (Phi) is 6.58. The highest BCUT2D eigenvalue weighted by atomic mass is 16.3. The van der Waals surface area contributed by atoms with Crippen molar-refractivity contribution in [2.75, 3.05) is 6.54 Å². The third-order valence-electron chi connectivity index (χ3n) is 3.57. The average molecular weight is 340 g/mol. The van der Waals surface area contributed by atoms with Crippen LogP contribution in [0.2, 0.25) is 0 Å². The van der Waals surface area contributed by atoms with E-state index in [0.29, 0.717) is 12.1 Å². The molecular weight excluding hydrogens is 324 g/mol. The molecule has 8 heteroatoms. The number of nitroso groups, excluding NO2 is 2. The third-order valence-corrected chi connectivity index (χ3v) is 3.57. The van der Waals surface area contributed by atoms with Gasteiger partial charge in [-0.05, 0) is 29.7 Å². The molecule has 2 amide bonds. The van der Waals surface area contributed by atoms with Crippen molar-refractivity contribution in [3.63, 3.8) is 0 Å². The Balaban J connectivity index is 2.03.